The third-order valence-electron chi connectivity index (χ3n) is 4.78. The molecule has 4 heteroatoms. The quantitative estimate of drug-likeness (QED) is 0.898. The molecule has 1 aromatic rings. The SMILES string of the molecule is CCNc1ccc(C(=O)N2C3CCC2CC(O)C3)cc1C. The molecule has 2 atom stereocenters. The van der Waals surface area contributed by atoms with Crippen molar-refractivity contribution in [1.82, 2.24) is 4.90 Å². The van der Waals surface area contributed by atoms with Crippen LogP contribution in [0, 0.1) is 6.92 Å². The van der Waals surface area contributed by atoms with Crippen molar-refractivity contribution >= 4 is 11.6 Å². The number of nitrogens with one attached hydrogen (secondary N) is 1. The average molecular weight is 288 g/mol. The fourth-order valence-corrected chi connectivity index (χ4v) is 3.81. The Morgan fingerprint density at radius 1 is 1.33 bits per heavy atom. The van der Waals surface area contributed by atoms with Crippen LogP contribution in [0.25, 0.3) is 0 Å². The lowest BCUT2D eigenvalue weighted by atomic mass is 9.98. The number of hydrogen-bond acceptors (Lipinski definition) is 3. The fourth-order valence-electron chi connectivity index (χ4n) is 3.81. The molecule has 2 heterocycles. The molecule has 2 N–H and O–H groups in total. The molecule has 3 rings (SSSR count). The zero-order chi connectivity index (χ0) is 15.0. The first kappa shape index (κ1) is 14.4. The molecule has 2 fully saturated rings. The minimum atomic E-state index is -0.232. The zero-order valence-corrected chi connectivity index (χ0v) is 12.8. The molecule has 0 aromatic heterocycles. The number of anilines is 1. The Morgan fingerprint density at radius 3 is 2.57 bits per heavy atom. The van der Waals surface area contributed by atoms with Gasteiger partial charge in [-0.1, -0.05) is 0 Å². The lowest BCUT2D eigenvalue weighted by Gasteiger charge is -2.37. The molecule has 2 bridgehead atoms. The van der Waals surface area contributed by atoms with Gasteiger partial charge in [0.25, 0.3) is 5.91 Å². The van der Waals surface area contributed by atoms with Crippen molar-refractivity contribution in [2.75, 3.05) is 11.9 Å². The molecular weight excluding hydrogens is 264 g/mol. The molecular formula is C17H24N2O2. The first-order valence-corrected chi connectivity index (χ1v) is 7.95. The van der Waals surface area contributed by atoms with Crippen molar-refractivity contribution in [3.63, 3.8) is 0 Å². The van der Waals surface area contributed by atoms with Crippen LogP contribution in [-0.4, -0.2) is 40.6 Å². The van der Waals surface area contributed by atoms with Gasteiger partial charge in [-0.05, 0) is 63.3 Å². The second-order valence-electron chi connectivity index (χ2n) is 6.28. The molecule has 4 nitrogen and oxygen atoms in total. The minimum Gasteiger partial charge on any atom is -0.393 e. The maximum atomic E-state index is 12.8. The van der Waals surface area contributed by atoms with Crippen LogP contribution in [0.2, 0.25) is 0 Å². The van der Waals surface area contributed by atoms with Crippen molar-refractivity contribution in [1.29, 1.82) is 0 Å². The number of rotatable bonds is 3. The van der Waals surface area contributed by atoms with E-state index < -0.39 is 0 Å². The summed E-state index contributed by atoms with van der Waals surface area (Å²) in [6, 6.07) is 6.33. The van der Waals surface area contributed by atoms with Gasteiger partial charge in [0.15, 0.2) is 0 Å². The third-order valence-corrected chi connectivity index (χ3v) is 4.78. The Hall–Kier alpha value is -1.55. The summed E-state index contributed by atoms with van der Waals surface area (Å²) in [4.78, 5) is 14.8. The van der Waals surface area contributed by atoms with Crippen LogP contribution in [-0.2, 0) is 0 Å². The summed E-state index contributed by atoms with van der Waals surface area (Å²) < 4.78 is 0. The summed E-state index contributed by atoms with van der Waals surface area (Å²) >= 11 is 0. The molecule has 0 aliphatic carbocycles. The molecule has 2 unspecified atom stereocenters. The molecule has 0 radical (unpaired) electrons. The zero-order valence-electron chi connectivity index (χ0n) is 12.8. The van der Waals surface area contributed by atoms with Gasteiger partial charge in [0.05, 0.1) is 6.10 Å². The standard InChI is InChI=1S/C17H24N2O2/c1-3-18-16-7-4-12(8-11(16)2)17(21)19-13-5-6-14(19)10-15(20)9-13/h4,7-8,13-15,18,20H,3,5-6,9-10H2,1-2H3. The van der Waals surface area contributed by atoms with Gasteiger partial charge in [-0.25, -0.2) is 0 Å². The van der Waals surface area contributed by atoms with E-state index in [1.165, 1.54) is 0 Å². The Balaban J connectivity index is 1.81. The largest absolute Gasteiger partial charge is 0.393 e. The maximum Gasteiger partial charge on any atom is 0.254 e. The third kappa shape index (κ3) is 2.64. The number of nitrogens with zero attached hydrogens (tertiary/aromatic N) is 1. The predicted molar refractivity (Wildman–Crippen MR) is 83.6 cm³/mol. The van der Waals surface area contributed by atoms with E-state index in [4.69, 9.17) is 0 Å². The van der Waals surface area contributed by atoms with Gasteiger partial charge in [0.1, 0.15) is 0 Å². The first-order chi connectivity index (χ1) is 10.1. The van der Waals surface area contributed by atoms with Gasteiger partial charge in [-0.3, -0.25) is 4.79 Å². The summed E-state index contributed by atoms with van der Waals surface area (Å²) in [7, 11) is 0. The molecule has 1 aromatic carbocycles. The highest BCUT2D eigenvalue weighted by Crippen LogP contribution is 2.37. The highest BCUT2D eigenvalue weighted by Gasteiger charge is 2.42. The summed E-state index contributed by atoms with van der Waals surface area (Å²) in [5.74, 6) is 0.126. The number of hydrogen-bond donors (Lipinski definition) is 2. The van der Waals surface area contributed by atoms with E-state index in [0.29, 0.717) is 0 Å². The number of aliphatic hydroxyl groups excluding tert-OH is 1. The first-order valence-electron chi connectivity index (χ1n) is 7.95. The fraction of sp³-hybridized carbons (Fsp3) is 0.588. The van der Waals surface area contributed by atoms with Crippen LogP contribution in [0.5, 0.6) is 0 Å². The smallest absolute Gasteiger partial charge is 0.254 e. The normalized spacial score (nSPS) is 27.8. The molecule has 2 saturated heterocycles. The predicted octanol–water partition coefficient (Wildman–Crippen LogP) is 2.55. The Kier molecular flexibility index (Phi) is 3.89. The second-order valence-corrected chi connectivity index (χ2v) is 6.28. The van der Waals surface area contributed by atoms with Crippen LogP contribution >= 0.6 is 0 Å². The maximum absolute atomic E-state index is 12.8. The van der Waals surface area contributed by atoms with E-state index in [1.54, 1.807) is 0 Å². The van der Waals surface area contributed by atoms with Crippen LogP contribution in [0.4, 0.5) is 5.69 Å². The van der Waals surface area contributed by atoms with Gasteiger partial charge in [0, 0.05) is 29.9 Å². The van der Waals surface area contributed by atoms with E-state index in [0.717, 1.165) is 49.0 Å². The lowest BCUT2D eigenvalue weighted by molar-refractivity contribution is 0.0287. The number of carbonyl (C=O) groups excluding carboxylic acids is 1. The van der Waals surface area contributed by atoms with E-state index in [-0.39, 0.29) is 24.1 Å². The van der Waals surface area contributed by atoms with Gasteiger partial charge in [-0.2, -0.15) is 0 Å². The summed E-state index contributed by atoms with van der Waals surface area (Å²) in [5, 5.41) is 13.2. The Labute approximate surface area is 126 Å². The van der Waals surface area contributed by atoms with Crippen molar-refractivity contribution in [2.24, 2.45) is 0 Å². The number of aryl methyl sites for hydroxylation is 1. The van der Waals surface area contributed by atoms with Crippen molar-refractivity contribution in [3.05, 3.63) is 29.3 Å². The Morgan fingerprint density at radius 2 is 2.00 bits per heavy atom. The molecule has 2 aliphatic heterocycles. The summed E-state index contributed by atoms with van der Waals surface area (Å²) in [6.45, 7) is 4.97. The number of benzene rings is 1. The van der Waals surface area contributed by atoms with E-state index in [2.05, 4.69) is 12.2 Å². The number of carbonyl (C=O) groups is 1. The molecule has 1 amide bonds. The number of aliphatic hydroxyl groups is 1. The van der Waals surface area contributed by atoms with Gasteiger partial charge >= 0.3 is 0 Å². The molecule has 0 spiro atoms. The average Bonchev–Trinajstić information content (AvgIpc) is 2.72. The lowest BCUT2D eigenvalue weighted by Crippen LogP contribution is -2.48. The molecule has 0 saturated carbocycles. The van der Waals surface area contributed by atoms with Crippen molar-refractivity contribution in [3.8, 4) is 0 Å². The highest BCUT2D eigenvalue weighted by molar-refractivity contribution is 5.95. The van der Waals surface area contributed by atoms with E-state index >= 15 is 0 Å². The van der Waals surface area contributed by atoms with Crippen LogP contribution in [0.15, 0.2) is 18.2 Å². The molecule has 114 valence electrons. The Bertz CT molecular complexity index is 530. The topological polar surface area (TPSA) is 52.6 Å². The van der Waals surface area contributed by atoms with Crippen LogP contribution in [0.3, 0.4) is 0 Å². The number of fused-ring (bicyclic) bond motifs is 2. The minimum absolute atomic E-state index is 0.126. The van der Waals surface area contributed by atoms with E-state index in [9.17, 15) is 9.90 Å². The number of amides is 1. The van der Waals surface area contributed by atoms with Gasteiger partial charge in [0.2, 0.25) is 0 Å². The summed E-state index contributed by atoms with van der Waals surface area (Å²) in [5.41, 5.74) is 2.96. The van der Waals surface area contributed by atoms with Crippen molar-refractivity contribution in [2.45, 2.75) is 57.7 Å². The van der Waals surface area contributed by atoms with Crippen LogP contribution in [0.1, 0.15) is 48.5 Å². The van der Waals surface area contributed by atoms with E-state index in [1.807, 2.05) is 30.0 Å². The monoisotopic (exact) mass is 288 g/mol. The number of piperidine rings is 1. The second kappa shape index (κ2) is 5.68. The molecule has 21 heavy (non-hydrogen) atoms. The highest BCUT2D eigenvalue weighted by atomic mass is 16.3. The van der Waals surface area contributed by atoms with Gasteiger partial charge in [-0.15, -0.1) is 0 Å². The summed E-state index contributed by atoms with van der Waals surface area (Å²) in [6.07, 6.45) is 3.29. The molecule has 2 aliphatic rings. The van der Waals surface area contributed by atoms with Crippen molar-refractivity contribution < 1.29 is 9.90 Å². The van der Waals surface area contributed by atoms with Gasteiger partial charge < -0.3 is 15.3 Å². The van der Waals surface area contributed by atoms with Crippen LogP contribution < -0.4 is 5.32 Å².